The molecule has 4 nitrogen and oxygen atoms in total. The largest absolute Gasteiger partial charge is 0.392 e. The number of hydrogen-bond acceptors (Lipinski definition) is 3. The van der Waals surface area contributed by atoms with Crippen LogP contribution in [-0.4, -0.2) is 20.0 Å². The van der Waals surface area contributed by atoms with Crippen molar-refractivity contribution in [2.45, 2.75) is 6.54 Å². The minimum Gasteiger partial charge on any atom is -0.392 e. The second-order valence-electron chi connectivity index (χ2n) is 1.57. The molecule has 0 radical (unpaired) electrons. The maximum Gasteiger partial charge on any atom is 0.0946 e. The van der Waals surface area contributed by atoms with Crippen LogP contribution in [0.2, 0.25) is 0 Å². The highest BCUT2D eigenvalue weighted by Crippen LogP contribution is 1.79. The Bertz CT molecular complexity index is 192. The zero-order chi connectivity index (χ0) is 6.69. The minimum atomic E-state index is 0.417. The van der Waals surface area contributed by atoms with Crippen LogP contribution in [0.25, 0.3) is 0 Å². The Morgan fingerprint density at radius 3 is 3.00 bits per heavy atom. The van der Waals surface area contributed by atoms with Crippen molar-refractivity contribution in [3.8, 4) is 0 Å². The Labute approximate surface area is 57.7 Å². The van der Waals surface area contributed by atoms with Gasteiger partial charge in [0.1, 0.15) is 0 Å². The Balaban J connectivity index is 2.58. The van der Waals surface area contributed by atoms with Gasteiger partial charge >= 0.3 is 0 Å². The van der Waals surface area contributed by atoms with Gasteiger partial charge in [-0.3, -0.25) is 0 Å². The lowest BCUT2D eigenvalue weighted by atomic mass is 10.6. The molecule has 9 heavy (non-hydrogen) atoms. The fourth-order valence-corrected chi connectivity index (χ4v) is 0.609. The molecular weight excluding hydrogens is 136 g/mol. The smallest absolute Gasteiger partial charge is 0.0946 e. The van der Waals surface area contributed by atoms with Crippen molar-refractivity contribution in [3.63, 3.8) is 0 Å². The third-order valence-corrected chi connectivity index (χ3v) is 0.919. The molecule has 0 atom stereocenters. The summed E-state index contributed by atoms with van der Waals surface area (Å²) in [7, 11) is 0. The Kier molecular flexibility index (Phi) is 1.74. The van der Waals surface area contributed by atoms with Crippen molar-refractivity contribution in [1.29, 1.82) is 0 Å². The Morgan fingerprint density at radius 2 is 2.56 bits per heavy atom. The highest BCUT2D eigenvalue weighted by atomic mass is 32.1. The molecule has 0 saturated heterocycles. The summed E-state index contributed by atoms with van der Waals surface area (Å²) in [6, 6.07) is 0. The minimum absolute atomic E-state index is 0.417. The molecule has 0 fully saturated rings. The van der Waals surface area contributed by atoms with E-state index in [4.69, 9.17) is 5.73 Å². The highest BCUT2D eigenvalue weighted by molar-refractivity contribution is 7.80. The first kappa shape index (κ1) is 6.15. The lowest BCUT2D eigenvalue weighted by molar-refractivity contribution is 0.681. The van der Waals surface area contributed by atoms with E-state index in [1.165, 1.54) is 0 Å². The summed E-state index contributed by atoms with van der Waals surface area (Å²) in [5.74, 6) is 0. The normalized spacial score (nSPS) is 9.33. The molecule has 0 aliphatic rings. The summed E-state index contributed by atoms with van der Waals surface area (Å²) in [5, 5.41) is 7.23. The van der Waals surface area contributed by atoms with Gasteiger partial charge in [-0.1, -0.05) is 17.4 Å². The van der Waals surface area contributed by atoms with Gasteiger partial charge in [0, 0.05) is 6.20 Å². The average Bonchev–Trinajstić information content (AvgIpc) is 2.15. The SMILES string of the molecule is NC(=S)Cn1ccnn1. The summed E-state index contributed by atoms with van der Waals surface area (Å²) in [4.78, 5) is 0.417. The van der Waals surface area contributed by atoms with E-state index in [1.807, 2.05) is 0 Å². The number of rotatable bonds is 2. The van der Waals surface area contributed by atoms with Gasteiger partial charge in [-0.05, 0) is 0 Å². The van der Waals surface area contributed by atoms with Crippen LogP contribution >= 0.6 is 12.2 Å². The van der Waals surface area contributed by atoms with E-state index >= 15 is 0 Å². The van der Waals surface area contributed by atoms with Gasteiger partial charge in [-0.2, -0.15) is 0 Å². The molecule has 0 aliphatic heterocycles. The van der Waals surface area contributed by atoms with Crippen LogP contribution in [0.5, 0.6) is 0 Å². The van der Waals surface area contributed by atoms with Gasteiger partial charge in [-0.15, -0.1) is 5.10 Å². The van der Waals surface area contributed by atoms with Crippen molar-refractivity contribution in [3.05, 3.63) is 12.4 Å². The molecule has 0 aromatic carbocycles. The van der Waals surface area contributed by atoms with Crippen LogP contribution in [0.15, 0.2) is 12.4 Å². The highest BCUT2D eigenvalue weighted by Gasteiger charge is 1.90. The van der Waals surface area contributed by atoms with Crippen molar-refractivity contribution in [2.24, 2.45) is 5.73 Å². The molecule has 2 N–H and O–H groups in total. The lowest BCUT2D eigenvalue weighted by Gasteiger charge is -1.93. The van der Waals surface area contributed by atoms with E-state index in [0.29, 0.717) is 11.5 Å². The van der Waals surface area contributed by atoms with E-state index in [0.717, 1.165) is 0 Å². The molecular formula is C4H6N4S. The first-order valence-electron chi connectivity index (χ1n) is 2.41. The third kappa shape index (κ3) is 1.77. The standard InChI is InChI=1S/C4H6N4S/c5-4(9)3-8-2-1-6-7-8/h1-2H,3H2,(H2,5,9). The van der Waals surface area contributed by atoms with Crippen molar-refractivity contribution in [2.75, 3.05) is 0 Å². The molecule has 1 aromatic heterocycles. The van der Waals surface area contributed by atoms with Gasteiger partial charge in [-0.25, -0.2) is 4.68 Å². The maximum atomic E-state index is 5.23. The number of nitrogens with two attached hydrogens (primary N) is 1. The molecule has 5 heteroatoms. The summed E-state index contributed by atoms with van der Waals surface area (Å²) in [5.41, 5.74) is 5.23. The van der Waals surface area contributed by atoms with Gasteiger partial charge in [0.25, 0.3) is 0 Å². The molecule has 0 amide bonds. The molecule has 1 aromatic rings. The summed E-state index contributed by atoms with van der Waals surface area (Å²) >= 11 is 4.63. The monoisotopic (exact) mass is 142 g/mol. The zero-order valence-corrected chi connectivity index (χ0v) is 5.51. The molecule has 0 bridgehead atoms. The molecule has 1 heterocycles. The molecule has 1 rings (SSSR count). The summed E-state index contributed by atoms with van der Waals surface area (Å²) < 4.78 is 1.57. The number of hydrogen-bond donors (Lipinski definition) is 1. The van der Waals surface area contributed by atoms with Crippen LogP contribution in [0.4, 0.5) is 0 Å². The van der Waals surface area contributed by atoms with Crippen molar-refractivity contribution >= 4 is 17.2 Å². The van der Waals surface area contributed by atoms with Crippen LogP contribution in [-0.2, 0) is 6.54 Å². The number of aromatic nitrogens is 3. The first-order chi connectivity index (χ1) is 4.29. The second-order valence-corrected chi connectivity index (χ2v) is 2.09. The molecule has 0 spiro atoms. The van der Waals surface area contributed by atoms with E-state index in [1.54, 1.807) is 17.1 Å². The summed E-state index contributed by atoms with van der Waals surface area (Å²) in [6.07, 6.45) is 3.29. The first-order valence-corrected chi connectivity index (χ1v) is 2.82. The fraction of sp³-hybridized carbons (Fsp3) is 0.250. The summed E-state index contributed by atoms with van der Waals surface area (Å²) in [6.45, 7) is 0.468. The predicted molar refractivity (Wildman–Crippen MR) is 36.8 cm³/mol. The lowest BCUT2D eigenvalue weighted by Crippen LogP contribution is -2.16. The van der Waals surface area contributed by atoms with Crippen molar-refractivity contribution < 1.29 is 0 Å². The van der Waals surface area contributed by atoms with Crippen LogP contribution in [0, 0.1) is 0 Å². The van der Waals surface area contributed by atoms with E-state index in [-0.39, 0.29) is 0 Å². The topological polar surface area (TPSA) is 56.7 Å². The van der Waals surface area contributed by atoms with Crippen LogP contribution in [0.3, 0.4) is 0 Å². The Morgan fingerprint density at radius 1 is 1.78 bits per heavy atom. The van der Waals surface area contributed by atoms with Gasteiger partial charge in [0.2, 0.25) is 0 Å². The van der Waals surface area contributed by atoms with E-state index in [9.17, 15) is 0 Å². The molecule has 0 unspecified atom stereocenters. The maximum absolute atomic E-state index is 5.23. The average molecular weight is 142 g/mol. The van der Waals surface area contributed by atoms with E-state index in [2.05, 4.69) is 22.5 Å². The molecule has 48 valence electrons. The van der Waals surface area contributed by atoms with Crippen LogP contribution in [0.1, 0.15) is 0 Å². The fourth-order valence-electron chi connectivity index (χ4n) is 0.477. The number of thiocarbonyl (C=S) groups is 1. The van der Waals surface area contributed by atoms with Crippen LogP contribution < -0.4 is 5.73 Å². The quantitative estimate of drug-likeness (QED) is 0.569. The van der Waals surface area contributed by atoms with E-state index < -0.39 is 0 Å². The van der Waals surface area contributed by atoms with Gasteiger partial charge in [0.15, 0.2) is 0 Å². The molecule has 0 aliphatic carbocycles. The zero-order valence-electron chi connectivity index (χ0n) is 4.69. The Hall–Kier alpha value is -0.970. The van der Waals surface area contributed by atoms with Gasteiger partial charge in [0.05, 0.1) is 17.7 Å². The molecule has 0 saturated carbocycles. The van der Waals surface area contributed by atoms with Crippen molar-refractivity contribution in [1.82, 2.24) is 15.0 Å². The third-order valence-electron chi connectivity index (χ3n) is 0.790. The second kappa shape index (κ2) is 2.54. The predicted octanol–water partition coefficient (Wildman–Crippen LogP) is -0.436. The van der Waals surface area contributed by atoms with Gasteiger partial charge < -0.3 is 5.73 Å². The number of nitrogens with zero attached hydrogens (tertiary/aromatic N) is 3.